The van der Waals surface area contributed by atoms with Crippen molar-refractivity contribution in [2.24, 2.45) is 0 Å². The van der Waals surface area contributed by atoms with Crippen LogP contribution in [-0.4, -0.2) is 23.3 Å². The first kappa shape index (κ1) is 15.1. The van der Waals surface area contributed by atoms with Crippen LogP contribution in [0.25, 0.3) is 6.08 Å². The molecule has 1 aromatic carbocycles. The maximum Gasteiger partial charge on any atom is 0.314 e. The van der Waals surface area contributed by atoms with Gasteiger partial charge in [-0.05, 0) is 11.6 Å². The number of hydrogen-bond acceptors (Lipinski definition) is 5. The van der Waals surface area contributed by atoms with E-state index in [1.54, 1.807) is 6.07 Å². The van der Waals surface area contributed by atoms with Crippen molar-refractivity contribution in [1.82, 2.24) is 0 Å². The van der Waals surface area contributed by atoms with E-state index >= 15 is 0 Å². The normalized spacial score (nSPS) is 9.95. The highest BCUT2D eigenvalue weighted by atomic mass is 16.6. The molecule has 0 saturated carbocycles. The number of terminal acetylenes is 1. The minimum Gasteiger partial charge on any atom is -0.452 e. The van der Waals surface area contributed by atoms with Crippen LogP contribution >= 0.6 is 0 Å². The second kappa shape index (κ2) is 7.48. The molecule has 0 aliphatic rings. The number of ether oxygens (including phenoxy) is 1. The summed E-state index contributed by atoms with van der Waals surface area (Å²) < 4.78 is 4.55. The number of esters is 1. The lowest BCUT2D eigenvalue weighted by molar-refractivity contribution is -0.384. The molecule has 6 heteroatoms. The number of hydrogen-bond donors (Lipinski definition) is 0. The zero-order valence-electron chi connectivity index (χ0n) is 10.4. The first-order chi connectivity index (χ1) is 9.52. The van der Waals surface area contributed by atoms with Crippen LogP contribution in [0.1, 0.15) is 12.0 Å². The molecular formula is C14H11NO5. The summed E-state index contributed by atoms with van der Waals surface area (Å²) in [6.45, 7) is -0.180. The topological polar surface area (TPSA) is 86.5 Å². The molecule has 6 nitrogen and oxygen atoms in total. The summed E-state index contributed by atoms with van der Waals surface area (Å²) in [5, 5.41) is 10.6. The maximum atomic E-state index is 11.4. The molecule has 0 unspecified atom stereocenters. The number of nitro benzene ring substituents is 1. The number of carbonyl (C=O) groups is 2. The third kappa shape index (κ3) is 5.14. The van der Waals surface area contributed by atoms with Gasteiger partial charge in [-0.3, -0.25) is 19.7 Å². The van der Waals surface area contributed by atoms with E-state index in [1.807, 2.05) is 0 Å². The monoisotopic (exact) mass is 273 g/mol. The van der Waals surface area contributed by atoms with Crippen LogP contribution < -0.4 is 0 Å². The van der Waals surface area contributed by atoms with E-state index in [9.17, 15) is 19.7 Å². The molecular weight excluding hydrogens is 262 g/mol. The first-order valence-electron chi connectivity index (χ1n) is 5.57. The van der Waals surface area contributed by atoms with E-state index < -0.39 is 23.1 Å². The second-order valence-electron chi connectivity index (χ2n) is 3.69. The lowest BCUT2D eigenvalue weighted by Gasteiger charge is -1.97. The summed E-state index contributed by atoms with van der Waals surface area (Å²) in [6.07, 6.45) is 7.03. The molecule has 0 spiro atoms. The summed E-state index contributed by atoms with van der Waals surface area (Å²) in [5.74, 6) is 0.925. The Morgan fingerprint density at radius 1 is 1.45 bits per heavy atom. The first-order valence-corrected chi connectivity index (χ1v) is 5.57. The molecule has 0 amide bonds. The fourth-order valence-electron chi connectivity index (χ4n) is 1.31. The Labute approximate surface area is 115 Å². The summed E-state index contributed by atoms with van der Waals surface area (Å²) in [7, 11) is 0. The number of rotatable bonds is 6. The average molecular weight is 273 g/mol. The molecule has 1 rings (SSSR count). The van der Waals surface area contributed by atoms with Gasteiger partial charge in [-0.25, -0.2) is 0 Å². The van der Waals surface area contributed by atoms with Crippen LogP contribution in [0.4, 0.5) is 5.69 Å². The van der Waals surface area contributed by atoms with Crippen LogP contribution in [0.5, 0.6) is 0 Å². The summed E-state index contributed by atoms with van der Waals surface area (Å²) in [6, 6.07) is 5.77. The van der Waals surface area contributed by atoms with Crippen LogP contribution in [0, 0.1) is 22.5 Å². The average Bonchev–Trinajstić information content (AvgIpc) is 2.43. The van der Waals surface area contributed by atoms with Gasteiger partial charge in [0.25, 0.3) is 5.69 Å². The van der Waals surface area contributed by atoms with Gasteiger partial charge >= 0.3 is 5.97 Å². The van der Waals surface area contributed by atoms with Crippen molar-refractivity contribution in [3.05, 3.63) is 46.0 Å². The molecule has 0 aliphatic carbocycles. The molecule has 0 atom stereocenters. The van der Waals surface area contributed by atoms with Gasteiger partial charge in [0.05, 0.1) is 4.92 Å². The summed E-state index contributed by atoms with van der Waals surface area (Å²) in [4.78, 5) is 32.6. The van der Waals surface area contributed by atoms with Crippen molar-refractivity contribution >= 4 is 23.5 Å². The van der Waals surface area contributed by atoms with E-state index in [1.165, 1.54) is 24.3 Å². The van der Waals surface area contributed by atoms with Gasteiger partial charge in [-0.1, -0.05) is 24.1 Å². The highest BCUT2D eigenvalue weighted by molar-refractivity contribution is 6.04. The zero-order valence-corrected chi connectivity index (χ0v) is 10.4. The lowest BCUT2D eigenvalue weighted by atomic mass is 10.1. The number of ketones is 1. The Balaban J connectivity index is 2.61. The van der Waals surface area contributed by atoms with Crippen LogP contribution in [0.3, 0.4) is 0 Å². The fraction of sp³-hybridized carbons (Fsp3) is 0.143. The smallest absolute Gasteiger partial charge is 0.314 e. The highest BCUT2D eigenvalue weighted by Gasteiger charge is 2.08. The predicted molar refractivity (Wildman–Crippen MR) is 71.5 cm³/mol. The minimum atomic E-state index is -0.711. The Hall–Kier alpha value is -2.94. The third-order valence-corrected chi connectivity index (χ3v) is 2.18. The molecule has 0 fully saturated rings. The highest BCUT2D eigenvalue weighted by Crippen LogP contribution is 2.14. The number of nitrogens with zero attached hydrogens (tertiary/aromatic N) is 1. The number of carbonyl (C=O) groups excluding carboxylic acids is 2. The summed E-state index contributed by atoms with van der Waals surface area (Å²) >= 11 is 0. The standard InChI is InChI=1S/C14H11NO5/c1-2-8-20-14(17)10-13(16)7-6-11-4-3-5-12(9-11)15(18)19/h1,3-7,9H,8,10H2. The molecule has 20 heavy (non-hydrogen) atoms. The Bertz CT molecular complexity index is 598. The molecule has 102 valence electrons. The fourth-order valence-corrected chi connectivity index (χ4v) is 1.31. The molecule has 0 aromatic heterocycles. The second-order valence-corrected chi connectivity index (χ2v) is 3.69. The van der Waals surface area contributed by atoms with Gasteiger partial charge in [-0.2, -0.15) is 0 Å². The predicted octanol–water partition coefficient (Wildman–Crippen LogP) is 1.74. The number of allylic oxidation sites excluding steroid dienone is 1. The van der Waals surface area contributed by atoms with Gasteiger partial charge < -0.3 is 4.74 Å². The van der Waals surface area contributed by atoms with Crippen molar-refractivity contribution in [1.29, 1.82) is 0 Å². The number of nitro groups is 1. The largest absolute Gasteiger partial charge is 0.452 e. The van der Waals surface area contributed by atoms with Gasteiger partial charge in [0.1, 0.15) is 6.42 Å². The van der Waals surface area contributed by atoms with Crippen molar-refractivity contribution < 1.29 is 19.2 Å². The van der Waals surface area contributed by atoms with Crippen LogP contribution in [-0.2, 0) is 14.3 Å². The van der Waals surface area contributed by atoms with Gasteiger partial charge in [-0.15, -0.1) is 6.42 Å². The third-order valence-electron chi connectivity index (χ3n) is 2.18. The quantitative estimate of drug-likeness (QED) is 0.197. The van der Waals surface area contributed by atoms with E-state index in [-0.39, 0.29) is 12.3 Å². The van der Waals surface area contributed by atoms with E-state index in [2.05, 4.69) is 10.7 Å². The molecule has 0 saturated heterocycles. The van der Waals surface area contributed by atoms with Gasteiger partial charge in [0, 0.05) is 12.1 Å². The van der Waals surface area contributed by atoms with Crippen molar-refractivity contribution in [3.63, 3.8) is 0 Å². The number of non-ortho nitro benzene ring substituents is 1. The van der Waals surface area contributed by atoms with Crippen molar-refractivity contribution in [2.45, 2.75) is 6.42 Å². The van der Waals surface area contributed by atoms with Crippen LogP contribution in [0.15, 0.2) is 30.3 Å². The Morgan fingerprint density at radius 2 is 2.20 bits per heavy atom. The van der Waals surface area contributed by atoms with Crippen molar-refractivity contribution in [3.8, 4) is 12.3 Å². The van der Waals surface area contributed by atoms with Gasteiger partial charge in [0.2, 0.25) is 0 Å². The van der Waals surface area contributed by atoms with Crippen LogP contribution in [0.2, 0.25) is 0 Å². The Kier molecular flexibility index (Phi) is 5.66. The SMILES string of the molecule is C#CCOC(=O)CC(=O)C=Cc1cccc([N+](=O)[O-])c1. The molecule has 1 aromatic rings. The maximum absolute atomic E-state index is 11.4. The lowest BCUT2D eigenvalue weighted by Crippen LogP contribution is -2.09. The Morgan fingerprint density at radius 3 is 2.85 bits per heavy atom. The van der Waals surface area contributed by atoms with Gasteiger partial charge in [0.15, 0.2) is 12.4 Å². The molecule has 0 aliphatic heterocycles. The minimum absolute atomic E-state index is 0.0759. The molecule has 0 bridgehead atoms. The molecule has 0 N–H and O–H groups in total. The zero-order chi connectivity index (χ0) is 15.0. The van der Waals surface area contributed by atoms with E-state index in [0.29, 0.717) is 5.56 Å². The van der Waals surface area contributed by atoms with Crippen molar-refractivity contribution in [2.75, 3.05) is 6.61 Å². The van der Waals surface area contributed by atoms with E-state index in [0.717, 1.165) is 6.08 Å². The summed E-state index contributed by atoms with van der Waals surface area (Å²) in [5.41, 5.74) is 0.414. The molecule has 0 radical (unpaired) electrons. The number of benzene rings is 1. The molecule has 0 heterocycles. The van der Waals surface area contributed by atoms with E-state index in [4.69, 9.17) is 6.42 Å².